The van der Waals surface area contributed by atoms with Crippen LogP contribution < -0.4 is 0 Å². The van der Waals surface area contributed by atoms with E-state index in [9.17, 15) is 27.9 Å². The number of rotatable bonds is 11. The van der Waals surface area contributed by atoms with Gasteiger partial charge >= 0.3 is 6.18 Å². The van der Waals surface area contributed by atoms with E-state index in [1.54, 1.807) is 6.92 Å². The number of halogens is 3. The van der Waals surface area contributed by atoms with Gasteiger partial charge < -0.3 is 5.11 Å². The number of aromatic hydroxyl groups is 1. The molecule has 38 heavy (non-hydrogen) atoms. The Labute approximate surface area is 224 Å². The fraction of sp³-hybridized carbons (Fsp3) is 0.621. The number of alkyl halides is 3. The topological polar surface area (TPSA) is 75.4 Å². The first-order valence-corrected chi connectivity index (χ1v) is 13.6. The van der Waals surface area contributed by atoms with E-state index in [2.05, 4.69) is 30.8 Å². The van der Waals surface area contributed by atoms with Crippen LogP contribution in [0, 0.1) is 5.92 Å². The van der Waals surface area contributed by atoms with Crippen LogP contribution in [-0.2, 0) is 30.4 Å². The molecule has 1 aliphatic heterocycles. The summed E-state index contributed by atoms with van der Waals surface area (Å²) in [6.45, 7) is 12.2. The van der Waals surface area contributed by atoms with Crippen LogP contribution in [0.5, 0.6) is 5.75 Å². The van der Waals surface area contributed by atoms with E-state index in [0.29, 0.717) is 36.3 Å². The number of hydrogen-bond acceptors (Lipinski definition) is 5. The Balaban J connectivity index is 0.000000269. The number of likely N-dealkylation sites (tertiary alicyclic amines) is 1. The van der Waals surface area contributed by atoms with Crippen molar-refractivity contribution in [1.82, 2.24) is 14.7 Å². The van der Waals surface area contributed by atoms with Crippen molar-refractivity contribution in [3.8, 4) is 5.75 Å². The van der Waals surface area contributed by atoms with Gasteiger partial charge in [-0.2, -0.15) is 18.3 Å². The monoisotopic (exact) mass is 537 g/mol. The van der Waals surface area contributed by atoms with Crippen LogP contribution in [0.2, 0.25) is 0 Å². The van der Waals surface area contributed by atoms with E-state index in [-0.39, 0.29) is 23.9 Å². The van der Waals surface area contributed by atoms with Gasteiger partial charge in [-0.05, 0) is 88.7 Å². The summed E-state index contributed by atoms with van der Waals surface area (Å²) in [6.07, 6.45) is 1.90. The Kier molecular flexibility index (Phi) is 12.0. The van der Waals surface area contributed by atoms with Gasteiger partial charge in [-0.25, -0.2) is 0 Å². The van der Waals surface area contributed by atoms with E-state index in [1.165, 1.54) is 31.5 Å². The van der Waals surface area contributed by atoms with Crippen LogP contribution in [0.1, 0.15) is 94.0 Å². The molecule has 0 aliphatic carbocycles. The van der Waals surface area contributed by atoms with Crippen molar-refractivity contribution in [3.63, 3.8) is 0 Å². The summed E-state index contributed by atoms with van der Waals surface area (Å²) in [6, 6.07) is 5.44. The number of benzene rings is 1. The molecular weight excluding hydrogens is 495 g/mol. The highest BCUT2D eigenvalue weighted by Gasteiger charge is 2.31. The summed E-state index contributed by atoms with van der Waals surface area (Å²) in [4.78, 5) is 25.9. The minimum Gasteiger partial charge on any atom is -0.508 e. The van der Waals surface area contributed by atoms with Gasteiger partial charge in [0.2, 0.25) is 0 Å². The second-order valence-electron chi connectivity index (χ2n) is 10.1. The van der Waals surface area contributed by atoms with Gasteiger partial charge in [-0.3, -0.25) is 19.2 Å². The number of phenolic OH excluding ortho intramolecular Hbond substituents is 1. The van der Waals surface area contributed by atoms with E-state index >= 15 is 0 Å². The number of Topliss-reactive ketones (excluding diaryl/α,β-unsaturated/α-hetero) is 2. The molecule has 0 bridgehead atoms. The molecule has 2 aromatic rings. The molecular formula is C29H42F3N3O3. The molecule has 1 aliphatic rings. The number of carbonyl (C=O) groups excluding carboxylic acids is 2. The fourth-order valence-corrected chi connectivity index (χ4v) is 4.69. The Morgan fingerprint density at radius 1 is 1.16 bits per heavy atom. The van der Waals surface area contributed by atoms with E-state index in [1.807, 2.05) is 10.7 Å². The predicted molar refractivity (Wildman–Crippen MR) is 142 cm³/mol. The highest BCUT2D eigenvalue weighted by molar-refractivity contribution is 5.96. The quantitative estimate of drug-likeness (QED) is 0.332. The largest absolute Gasteiger partial charge is 0.508 e. The molecule has 1 saturated heterocycles. The molecule has 1 fully saturated rings. The first-order chi connectivity index (χ1) is 17.9. The zero-order valence-corrected chi connectivity index (χ0v) is 23.3. The van der Waals surface area contributed by atoms with Crippen LogP contribution in [-0.4, -0.2) is 50.5 Å². The van der Waals surface area contributed by atoms with Crippen molar-refractivity contribution in [2.75, 3.05) is 13.1 Å². The Morgan fingerprint density at radius 2 is 1.87 bits per heavy atom. The van der Waals surface area contributed by atoms with Gasteiger partial charge in [0.05, 0.1) is 12.1 Å². The number of aromatic nitrogens is 2. The molecule has 1 N–H and O–H groups in total. The first kappa shape index (κ1) is 31.5. The molecule has 0 spiro atoms. The molecule has 1 unspecified atom stereocenters. The summed E-state index contributed by atoms with van der Waals surface area (Å²) in [5.74, 6) is -0.635. The van der Waals surface area contributed by atoms with Gasteiger partial charge in [0, 0.05) is 24.2 Å². The Morgan fingerprint density at radius 3 is 2.39 bits per heavy atom. The lowest BCUT2D eigenvalue weighted by Crippen LogP contribution is -2.32. The van der Waals surface area contributed by atoms with Crippen LogP contribution in [0.15, 0.2) is 24.3 Å². The van der Waals surface area contributed by atoms with Crippen molar-refractivity contribution in [2.45, 2.75) is 98.3 Å². The number of phenols is 1. The first-order valence-electron chi connectivity index (χ1n) is 13.6. The van der Waals surface area contributed by atoms with Gasteiger partial charge in [-0.15, -0.1) is 0 Å². The third-order valence-corrected chi connectivity index (χ3v) is 7.13. The zero-order chi connectivity index (χ0) is 28.5. The van der Waals surface area contributed by atoms with Crippen molar-refractivity contribution < 1.29 is 27.9 Å². The SMILES string of the molecule is CCC(Cc1cc(O)cc(C(F)(F)F)c1)C(C)=O.CCCCn1nc(C(=O)CN2CCC[C@@H]2C)cc1CC. The van der Waals surface area contributed by atoms with E-state index < -0.39 is 17.5 Å². The normalized spacial score (nSPS) is 16.7. The van der Waals surface area contributed by atoms with Crippen molar-refractivity contribution in [3.05, 3.63) is 46.8 Å². The molecule has 1 aromatic heterocycles. The summed E-state index contributed by atoms with van der Waals surface area (Å²) in [7, 11) is 0. The molecule has 212 valence electrons. The third kappa shape index (κ3) is 9.26. The average Bonchev–Trinajstić information content (AvgIpc) is 3.46. The number of carbonyl (C=O) groups is 2. The molecule has 0 saturated carbocycles. The molecule has 6 nitrogen and oxygen atoms in total. The fourth-order valence-electron chi connectivity index (χ4n) is 4.69. The Hall–Kier alpha value is -2.68. The molecule has 9 heteroatoms. The number of nitrogens with zero attached hydrogens (tertiary/aromatic N) is 3. The number of unbranched alkanes of at least 4 members (excludes halogenated alkanes) is 1. The van der Waals surface area contributed by atoms with Crippen molar-refractivity contribution in [2.24, 2.45) is 5.92 Å². The van der Waals surface area contributed by atoms with Crippen LogP contribution in [0.4, 0.5) is 13.2 Å². The number of hydrogen-bond donors (Lipinski definition) is 1. The van der Waals surface area contributed by atoms with Gasteiger partial charge in [0.1, 0.15) is 17.2 Å². The summed E-state index contributed by atoms with van der Waals surface area (Å²) in [5.41, 5.74) is 1.26. The molecule has 0 radical (unpaired) electrons. The van der Waals surface area contributed by atoms with Crippen LogP contribution >= 0.6 is 0 Å². The minimum absolute atomic E-state index is 0.0607. The highest BCUT2D eigenvalue weighted by Crippen LogP contribution is 2.33. The van der Waals surface area contributed by atoms with Gasteiger partial charge in [0.15, 0.2) is 5.78 Å². The molecule has 3 rings (SSSR count). The minimum atomic E-state index is -4.49. The Bertz CT molecular complexity index is 1070. The third-order valence-electron chi connectivity index (χ3n) is 7.13. The lowest BCUT2D eigenvalue weighted by molar-refractivity contribution is -0.137. The lowest BCUT2D eigenvalue weighted by Gasteiger charge is -2.19. The maximum absolute atomic E-state index is 12.5. The second-order valence-corrected chi connectivity index (χ2v) is 10.1. The van der Waals surface area contributed by atoms with Crippen LogP contribution in [0.3, 0.4) is 0 Å². The maximum atomic E-state index is 12.5. The van der Waals surface area contributed by atoms with Crippen LogP contribution in [0.25, 0.3) is 0 Å². The maximum Gasteiger partial charge on any atom is 0.416 e. The van der Waals surface area contributed by atoms with E-state index in [4.69, 9.17) is 0 Å². The molecule has 2 heterocycles. The van der Waals surface area contributed by atoms with E-state index in [0.717, 1.165) is 38.4 Å². The number of aryl methyl sites for hydroxylation is 2. The smallest absolute Gasteiger partial charge is 0.416 e. The van der Waals surface area contributed by atoms with Crippen molar-refractivity contribution >= 4 is 11.6 Å². The second kappa shape index (κ2) is 14.5. The summed E-state index contributed by atoms with van der Waals surface area (Å²) >= 11 is 0. The average molecular weight is 538 g/mol. The highest BCUT2D eigenvalue weighted by atomic mass is 19.4. The summed E-state index contributed by atoms with van der Waals surface area (Å²) < 4.78 is 39.7. The lowest BCUT2D eigenvalue weighted by atomic mass is 9.92. The predicted octanol–water partition coefficient (Wildman–Crippen LogP) is 6.48. The zero-order valence-electron chi connectivity index (χ0n) is 23.3. The number of ketones is 2. The molecule has 1 aromatic carbocycles. The van der Waals surface area contributed by atoms with Gasteiger partial charge in [-0.1, -0.05) is 27.2 Å². The van der Waals surface area contributed by atoms with Gasteiger partial charge in [0.25, 0.3) is 0 Å². The molecule has 0 amide bonds. The van der Waals surface area contributed by atoms with Crippen molar-refractivity contribution in [1.29, 1.82) is 0 Å². The summed E-state index contributed by atoms with van der Waals surface area (Å²) in [5, 5.41) is 13.8. The standard InChI is InChI=1S/C16H27N3O.C13H15F3O2/c1-4-6-10-19-14(5-2)11-15(17-19)16(20)12-18-9-7-8-13(18)3;1-3-10(8(2)17)4-9-5-11(13(14,15)16)7-12(18)6-9/h11,13H,4-10,12H2,1-3H3;5-7,10,18H,3-4H2,1-2H3/t13-;/m0./s1. The molecule has 2 atom stereocenters.